The SMILES string of the molecule is c1cc(-c2ccc3ccccc3c2)cc(N(c2cccc(-c3cccc4oc5c6ccccc6ccc5c34)c2)c2cccc(-n3c4ccccc4c4ccccc43)c2)c1. The van der Waals surface area contributed by atoms with Crippen LogP contribution in [-0.4, -0.2) is 4.57 Å². The van der Waals surface area contributed by atoms with Crippen molar-refractivity contribution in [2.45, 2.75) is 0 Å². The lowest BCUT2D eigenvalue weighted by molar-refractivity contribution is 0.673. The quantitative estimate of drug-likeness (QED) is 0.169. The van der Waals surface area contributed by atoms with Crippen molar-refractivity contribution in [1.29, 1.82) is 0 Å². The largest absolute Gasteiger partial charge is 0.455 e. The van der Waals surface area contributed by atoms with Gasteiger partial charge in [0, 0.05) is 49.7 Å². The van der Waals surface area contributed by atoms with Crippen molar-refractivity contribution >= 4 is 82.4 Å². The van der Waals surface area contributed by atoms with E-state index < -0.39 is 0 Å². The first-order valence-corrected chi connectivity index (χ1v) is 20.2. The first-order chi connectivity index (χ1) is 29.2. The molecule has 0 radical (unpaired) electrons. The molecule has 0 saturated carbocycles. The van der Waals surface area contributed by atoms with Crippen LogP contribution in [0.15, 0.2) is 223 Å². The van der Waals surface area contributed by atoms with Crippen molar-refractivity contribution in [2.75, 3.05) is 4.90 Å². The van der Waals surface area contributed by atoms with Crippen molar-refractivity contribution in [2.24, 2.45) is 0 Å². The minimum absolute atomic E-state index is 0.887. The van der Waals surface area contributed by atoms with E-state index in [1.807, 2.05) is 0 Å². The summed E-state index contributed by atoms with van der Waals surface area (Å²) in [6.45, 7) is 0. The minimum atomic E-state index is 0.887. The molecule has 0 fully saturated rings. The van der Waals surface area contributed by atoms with Gasteiger partial charge in [-0.2, -0.15) is 0 Å². The molecular formula is C56H36N2O. The number of hydrogen-bond donors (Lipinski definition) is 0. The lowest BCUT2D eigenvalue weighted by Crippen LogP contribution is -2.11. The average molecular weight is 753 g/mol. The van der Waals surface area contributed by atoms with Crippen LogP contribution in [0.5, 0.6) is 0 Å². The molecular weight excluding hydrogens is 717 g/mol. The molecule has 3 nitrogen and oxygen atoms in total. The van der Waals surface area contributed by atoms with Gasteiger partial charge in [0.05, 0.1) is 11.0 Å². The van der Waals surface area contributed by atoms with E-state index in [-0.39, 0.29) is 0 Å². The molecule has 0 N–H and O–H groups in total. The maximum absolute atomic E-state index is 6.62. The normalized spacial score (nSPS) is 11.7. The summed E-state index contributed by atoms with van der Waals surface area (Å²) in [7, 11) is 0. The van der Waals surface area contributed by atoms with Crippen LogP contribution in [-0.2, 0) is 0 Å². The third kappa shape index (κ3) is 5.44. The molecule has 2 heterocycles. The highest BCUT2D eigenvalue weighted by Gasteiger charge is 2.19. The topological polar surface area (TPSA) is 21.3 Å². The van der Waals surface area contributed by atoms with Gasteiger partial charge in [0.2, 0.25) is 0 Å². The number of anilines is 3. The summed E-state index contributed by atoms with van der Waals surface area (Å²) in [5.74, 6) is 0. The molecule has 0 bridgehead atoms. The van der Waals surface area contributed by atoms with Gasteiger partial charge < -0.3 is 13.9 Å². The molecule has 0 saturated heterocycles. The Bertz CT molecular complexity index is 3540. The monoisotopic (exact) mass is 752 g/mol. The van der Waals surface area contributed by atoms with Crippen LogP contribution in [0, 0.1) is 0 Å². The highest BCUT2D eigenvalue weighted by Crippen LogP contribution is 2.43. The van der Waals surface area contributed by atoms with E-state index in [0.29, 0.717) is 0 Å². The second-order valence-corrected chi connectivity index (χ2v) is 15.3. The van der Waals surface area contributed by atoms with Crippen LogP contribution in [0.3, 0.4) is 0 Å². The van der Waals surface area contributed by atoms with Gasteiger partial charge in [0.1, 0.15) is 11.2 Å². The lowest BCUT2D eigenvalue weighted by atomic mass is 9.97. The number of rotatable bonds is 6. The smallest absolute Gasteiger partial charge is 0.143 e. The van der Waals surface area contributed by atoms with Gasteiger partial charge >= 0.3 is 0 Å². The summed E-state index contributed by atoms with van der Waals surface area (Å²) >= 11 is 0. The van der Waals surface area contributed by atoms with E-state index in [0.717, 1.165) is 66.8 Å². The van der Waals surface area contributed by atoms with Gasteiger partial charge in [-0.3, -0.25) is 0 Å². The van der Waals surface area contributed by atoms with Crippen LogP contribution >= 0.6 is 0 Å². The minimum Gasteiger partial charge on any atom is -0.455 e. The summed E-state index contributed by atoms with van der Waals surface area (Å²) in [5, 5.41) is 9.51. The number of hydrogen-bond acceptors (Lipinski definition) is 2. The van der Waals surface area contributed by atoms with E-state index in [1.165, 1.54) is 43.5 Å². The number of fused-ring (bicyclic) bond motifs is 9. The third-order valence-electron chi connectivity index (χ3n) is 11.9. The molecule has 276 valence electrons. The summed E-state index contributed by atoms with van der Waals surface area (Å²) < 4.78 is 9.01. The van der Waals surface area contributed by atoms with Crippen molar-refractivity contribution < 1.29 is 4.42 Å². The van der Waals surface area contributed by atoms with Crippen LogP contribution < -0.4 is 4.90 Å². The Hall–Kier alpha value is -7.88. The zero-order chi connectivity index (χ0) is 38.9. The predicted octanol–water partition coefficient (Wildman–Crippen LogP) is 15.8. The highest BCUT2D eigenvalue weighted by atomic mass is 16.3. The second kappa shape index (κ2) is 13.4. The highest BCUT2D eigenvalue weighted by molar-refractivity contribution is 6.19. The molecule has 59 heavy (non-hydrogen) atoms. The van der Waals surface area contributed by atoms with Gasteiger partial charge in [-0.25, -0.2) is 0 Å². The molecule has 2 aromatic heterocycles. The van der Waals surface area contributed by atoms with E-state index in [4.69, 9.17) is 4.42 Å². The van der Waals surface area contributed by atoms with E-state index in [2.05, 4.69) is 228 Å². The Balaban J connectivity index is 1.06. The van der Waals surface area contributed by atoms with Crippen LogP contribution in [0.25, 0.3) is 93.2 Å². The summed E-state index contributed by atoms with van der Waals surface area (Å²) in [6, 6.07) is 78.8. The van der Waals surface area contributed by atoms with Crippen molar-refractivity contribution in [1.82, 2.24) is 4.57 Å². The molecule has 0 amide bonds. The molecule has 10 aromatic carbocycles. The van der Waals surface area contributed by atoms with Gasteiger partial charge in [-0.15, -0.1) is 0 Å². The molecule has 0 unspecified atom stereocenters. The molecule has 0 aliphatic rings. The van der Waals surface area contributed by atoms with Crippen LogP contribution in [0.1, 0.15) is 0 Å². The van der Waals surface area contributed by atoms with E-state index in [9.17, 15) is 0 Å². The molecule has 0 aliphatic heterocycles. The van der Waals surface area contributed by atoms with Crippen LogP contribution in [0.2, 0.25) is 0 Å². The fourth-order valence-corrected chi connectivity index (χ4v) is 9.22. The van der Waals surface area contributed by atoms with Crippen LogP contribution in [0.4, 0.5) is 17.1 Å². The van der Waals surface area contributed by atoms with E-state index >= 15 is 0 Å². The Labute approximate surface area is 341 Å². The fourth-order valence-electron chi connectivity index (χ4n) is 9.22. The standard InChI is InChI=1S/C56H36N2O/c1-2-15-39-33-41(30-29-37(39)13-1)40-16-9-18-43(34-40)57(45-20-11-21-46(36-45)58-52-26-7-5-23-49(52)50-24-6-8-27-53(50)58)44-19-10-17-42(35-44)47-25-12-28-54-55(47)51-32-31-38-14-3-4-22-48(38)56(51)59-54/h1-36H. The zero-order valence-corrected chi connectivity index (χ0v) is 32.1. The Morgan fingerprint density at radius 1 is 0.356 bits per heavy atom. The van der Waals surface area contributed by atoms with Gasteiger partial charge in [-0.05, 0) is 111 Å². The first kappa shape index (κ1) is 33.3. The van der Waals surface area contributed by atoms with E-state index in [1.54, 1.807) is 0 Å². The lowest BCUT2D eigenvalue weighted by Gasteiger charge is -2.27. The predicted molar refractivity (Wildman–Crippen MR) is 249 cm³/mol. The summed E-state index contributed by atoms with van der Waals surface area (Å²) in [5.41, 5.74) is 13.1. The Morgan fingerprint density at radius 2 is 0.932 bits per heavy atom. The molecule has 3 heteroatoms. The maximum Gasteiger partial charge on any atom is 0.143 e. The number of aromatic nitrogens is 1. The summed E-state index contributed by atoms with van der Waals surface area (Å²) in [6.07, 6.45) is 0. The van der Waals surface area contributed by atoms with Crippen molar-refractivity contribution in [3.05, 3.63) is 218 Å². The maximum atomic E-state index is 6.62. The second-order valence-electron chi connectivity index (χ2n) is 15.3. The molecule has 0 atom stereocenters. The van der Waals surface area contributed by atoms with Crippen molar-refractivity contribution in [3.63, 3.8) is 0 Å². The first-order valence-electron chi connectivity index (χ1n) is 20.2. The van der Waals surface area contributed by atoms with Gasteiger partial charge in [-0.1, -0.05) is 146 Å². The zero-order valence-electron chi connectivity index (χ0n) is 32.1. The number of nitrogens with zero attached hydrogens (tertiary/aromatic N) is 2. The number of benzene rings is 10. The number of para-hydroxylation sites is 2. The molecule has 12 aromatic rings. The Morgan fingerprint density at radius 3 is 1.71 bits per heavy atom. The molecule has 0 spiro atoms. The van der Waals surface area contributed by atoms with Gasteiger partial charge in [0.25, 0.3) is 0 Å². The average Bonchev–Trinajstić information content (AvgIpc) is 3.86. The molecule has 0 aliphatic carbocycles. The molecule has 12 rings (SSSR count). The van der Waals surface area contributed by atoms with Crippen molar-refractivity contribution in [3.8, 4) is 27.9 Å². The number of furan rings is 1. The van der Waals surface area contributed by atoms with Gasteiger partial charge in [0.15, 0.2) is 0 Å². The summed E-state index contributed by atoms with van der Waals surface area (Å²) in [4.78, 5) is 2.40. The Kier molecular flexibility index (Phi) is 7.54. The fraction of sp³-hybridized carbons (Fsp3) is 0. The third-order valence-corrected chi connectivity index (χ3v) is 11.9.